The Hall–Kier alpha value is -1.76. The van der Waals surface area contributed by atoms with Crippen LogP contribution in [0.4, 0.5) is 13.2 Å². The number of phenolic OH excluding ortho intramolecular Hbond substituents is 1. The second-order valence-corrected chi connectivity index (χ2v) is 4.84. The van der Waals surface area contributed by atoms with Crippen molar-refractivity contribution in [3.8, 4) is 5.75 Å². The van der Waals surface area contributed by atoms with E-state index in [1.165, 1.54) is 17.0 Å². The number of likely N-dealkylation sites (tertiary alicyclic amines) is 1. The Kier molecular flexibility index (Phi) is 3.64. The van der Waals surface area contributed by atoms with Gasteiger partial charge in [0, 0.05) is 25.9 Å². The number of benzene rings is 1. The lowest BCUT2D eigenvalue weighted by molar-refractivity contribution is -0.271. The van der Waals surface area contributed by atoms with E-state index in [0.29, 0.717) is 0 Å². The van der Waals surface area contributed by atoms with Crippen LogP contribution in [0, 0.1) is 0 Å². The molecule has 1 heterocycles. The minimum atomic E-state index is -4.70. The van der Waals surface area contributed by atoms with Crippen molar-refractivity contribution in [3.05, 3.63) is 29.8 Å². The number of para-hydroxylation sites is 1. The molecular weight excluding hydrogens is 275 g/mol. The Labute approximate surface area is 113 Å². The van der Waals surface area contributed by atoms with Crippen LogP contribution < -0.4 is 0 Å². The average Bonchev–Trinajstić information content (AvgIpc) is 2.38. The van der Waals surface area contributed by atoms with Crippen LogP contribution in [0.15, 0.2) is 24.3 Å². The second kappa shape index (κ2) is 4.97. The Morgan fingerprint density at radius 1 is 1.20 bits per heavy atom. The van der Waals surface area contributed by atoms with Gasteiger partial charge in [-0.15, -0.1) is 0 Å². The smallest absolute Gasteiger partial charge is 0.417 e. The van der Waals surface area contributed by atoms with Crippen LogP contribution >= 0.6 is 0 Å². The minimum absolute atomic E-state index is 0.0462. The van der Waals surface area contributed by atoms with Gasteiger partial charge in [-0.3, -0.25) is 4.79 Å². The van der Waals surface area contributed by atoms with Gasteiger partial charge in [0.1, 0.15) is 5.75 Å². The van der Waals surface area contributed by atoms with Gasteiger partial charge in [0.2, 0.25) is 0 Å². The molecule has 0 aromatic heterocycles. The molecule has 1 aromatic carbocycles. The lowest BCUT2D eigenvalue weighted by Crippen LogP contribution is -2.54. The molecule has 0 saturated carbocycles. The molecular formula is C13H14F3NO3. The summed E-state index contributed by atoms with van der Waals surface area (Å²) >= 11 is 0. The summed E-state index contributed by atoms with van der Waals surface area (Å²) in [5.41, 5.74) is -2.69. The van der Waals surface area contributed by atoms with E-state index in [0.717, 1.165) is 0 Å². The molecule has 1 amide bonds. The number of nitrogens with zero attached hydrogens (tertiary/aromatic N) is 1. The standard InChI is InChI=1S/C13H14F3NO3/c14-13(15,16)12(20)5-7-17(8-6-12)11(19)9-3-1-2-4-10(9)18/h1-4,18,20H,5-8H2. The van der Waals surface area contributed by atoms with Crippen molar-refractivity contribution in [2.75, 3.05) is 13.1 Å². The Morgan fingerprint density at radius 2 is 1.75 bits per heavy atom. The number of aromatic hydroxyl groups is 1. The van der Waals surface area contributed by atoms with Crippen LogP contribution in [-0.4, -0.2) is 45.9 Å². The van der Waals surface area contributed by atoms with Crippen molar-refractivity contribution in [2.45, 2.75) is 24.6 Å². The molecule has 1 saturated heterocycles. The van der Waals surface area contributed by atoms with E-state index in [1.54, 1.807) is 12.1 Å². The van der Waals surface area contributed by atoms with E-state index < -0.39 is 30.5 Å². The number of amides is 1. The summed E-state index contributed by atoms with van der Waals surface area (Å²) in [6, 6.07) is 5.85. The van der Waals surface area contributed by atoms with E-state index in [4.69, 9.17) is 0 Å². The summed E-state index contributed by atoms with van der Waals surface area (Å²) in [4.78, 5) is 13.3. The largest absolute Gasteiger partial charge is 0.507 e. The van der Waals surface area contributed by atoms with Gasteiger partial charge in [-0.2, -0.15) is 13.2 Å². The van der Waals surface area contributed by atoms with E-state index >= 15 is 0 Å². The number of hydrogen-bond donors (Lipinski definition) is 2. The predicted octanol–water partition coefficient (Wildman–Crippen LogP) is 1.92. The first-order chi connectivity index (χ1) is 9.24. The van der Waals surface area contributed by atoms with Gasteiger partial charge in [0.05, 0.1) is 5.56 Å². The highest BCUT2D eigenvalue weighted by Crippen LogP contribution is 2.38. The molecule has 0 bridgehead atoms. The number of halogens is 3. The Morgan fingerprint density at radius 3 is 2.25 bits per heavy atom. The van der Waals surface area contributed by atoms with E-state index in [-0.39, 0.29) is 24.4 Å². The molecule has 1 aliphatic rings. The number of aliphatic hydroxyl groups is 1. The van der Waals surface area contributed by atoms with Gasteiger partial charge in [0.25, 0.3) is 5.91 Å². The number of carbonyl (C=O) groups excluding carboxylic acids is 1. The van der Waals surface area contributed by atoms with Crippen molar-refractivity contribution in [1.29, 1.82) is 0 Å². The number of piperidine rings is 1. The molecule has 2 N–H and O–H groups in total. The number of rotatable bonds is 1. The molecule has 0 atom stereocenters. The van der Waals surface area contributed by atoms with Crippen LogP contribution in [0.2, 0.25) is 0 Å². The summed E-state index contributed by atoms with van der Waals surface area (Å²) in [6.45, 7) is -0.410. The zero-order valence-corrected chi connectivity index (χ0v) is 10.5. The fourth-order valence-corrected chi connectivity index (χ4v) is 2.19. The average molecular weight is 289 g/mol. The van der Waals surface area contributed by atoms with E-state index in [2.05, 4.69) is 0 Å². The van der Waals surface area contributed by atoms with Crippen molar-refractivity contribution < 1.29 is 28.2 Å². The van der Waals surface area contributed by atoms with Gasteiger partial charge < -0.3 is 15.1 Å². The maximum atomic E-state index is 12.6. The van der Waals surface area contributed by atoms with E-state index in [1.807, 2.05) is 0 Å². The Bertz CT molecular complexity index is 508. The molecule has 1 aliphatic heterocycles. The summed E-state index contributed by atoms with van der Waals surface area (Å²) in [5.74, 6) is -0.749. The van der Waals surface area contributed by atoms with Crippen molar-refractivity contribution in [2.24, 2.45) is 0 Å². The summed E-state index contributed by atoms with van der Waals surface area (Å²) in [7, 11) is 0. The van der Waals surface area contributed by atoms with Gasteiger partial charge in [-0.1, -0.05) is 12.1 Å². The molecule has 110 valence electrons. The van der Waals surface area contributed by atoms with Gasteiger partial charge >= 0.3 is 6.18 Å². The topological polar surface area (TPSA) is 60.8 Å². The third kappa shape index (κ3) is 2.58. The van der Waals surface area contributed by atoms with Crippen molar-refractivity contribution in [1.82, 2.24) is 4.90 Å². The van der Waals surface area contributed by atoms with Gasteiger partial charge in [0.15, 0.2) is 5.60 Å². The van der Waals surface area contributed by atoms with Gasteiger partial charge in [-0.25, -0.2) is 0 Å². The highest BCUT2D eigenvalue weighted by molar-refractivity contribution is 5.96. The lowest BCUT2D eigenvalue weighted by atomic mass is 9.90. The van der Waals surface area contributed by atoms with Crippen LogP contribution in [0.5, 0.6) is 5.75 Å². The first-order valence-electron chi connectivity index (χ1n) is 6.11. The van der Waals surface area contributed by atoms with Crippen molar-refractivity contribution >= 4 is 5.91 Å². The number of phenols is 1. The highest BCUT2D eigenvalue weighted by Gasteiger charge is 2.54. The fraction of sp³-hybridized carbons (Fsp3) is 0.462. The maximum Gasteiger partial charge on any atom is 0.417 e. The van der Waals surface area contributed by atoms with Crippen molar-refractivity contribution in [3.63, 3.8) is 0 Å². The third-order valence-corrected chi connectivity index (χ3v) is 3.54. The molecule has 0 unspecified atom stereocenters. The predicted molar refractivity (Wildman–Crippen MR) is 64.2 cm³/mol. The van der Waals surface area contributed by atoms with E-state index in [9.17, 15) is 28.2 Å². The molecule has 0 spiro atoms. The second-order valence-electron chi connectivity index (χ2n) is 4.84. The van der Waals surface area contributed by atoms with Crippen LogP contribution in [0.3, 0.4) is 0 Å². The first kappa shape index (κ1) is 14.6. The summed E-state index contributed by atoms with van der Waals surface area (Å²) < 4.78 is 37.9. The molecule has 7 heteroatoms. The molecule has 2 rings (SSSR count). The SMILES string of the molecule is O=C(c1ccccc1O)N1CCC(O)(C(F)(F)F)CC1. The number of carbonyl (C=O) groups is 1. The Balaban J connectivity index is 2.08. The molecule has 1 aromatic rings. The number of hydrogen-bond acceptors (Lipinski definition) is 3. The molecule has 20 heavy (non-hydrogen) atoms. The quantitative estimate of drug-likeness (QED) is 0.830. The summed E-state index contributed by atoms with van der Waals surface area (Å²) in [5, 5.41) is 19.1. The molecule has 1 fully saturated rings. The molecule has 4 nitrogen and oxygen atoms in total. The third-order valence-electron chi connectivity index (χ3n) is 3.54. The normalized spacial score (nSPS) is 18.9. The van der Waals surface area contributed by atoms with Gasteiger partial charge in [-0.05, 0) is 12.1 Å². The monoisotopic (exact) mass is 289 g/mol. The molecule has 0 radical (unpaired) electrons. The maximum absolute atomic E-state index is 12.6. The lowest BCUT2D eigenvalue weighted by Gasteiger charge is -2.39. The molecule has 0 aliphatic carbocycles. The zero-order chi connectivity index (χ0) is 15.0. The zero-order valence-electron chi connectivity index (χ0n) is 10.5. The van der Waals surface area contributed by atoms with Crippen LogP contribution in [0.1, 0.15) is 23.2 Å². The number of alkyl halides is 3. The van der Waals surface area contributed by atoms with Crippen LogP contribution in [-0.2, 0) is 0 Å². The fourth-order valence-electron chi connectivity index (χ4n) is 2.19. The first-order valence-corrected chi connectivity index (χ1v) is 6.11. The summed E-state index contributed by atoms with van der Waals surface area (Å²) in [6.07, 6.45) is -5.82. The van der Waals surface area contributed by atoms with Crippen LogP contribution in [0.25, 0.3) is 0 Å². The minimum Gasteiger partial charge on any atom is -0.507 e. The highest BCUT2D eigenvalue weighted by atomic mass is 19.4.